The summed E-state index contributed by atoms with van der Waals surface area (Å²) in [6.45, 7) is 2.59. The highest BCUT2D eigenvalue weighted by molar-refractivity contribution is 5.89. The molecule has 2 aromatic rings. The number of aliphatic carboxylic acids is 1. The zero-order valence-corrected chi connectivity index (χ0v) is 13.2. The van der Waals surface area contributed by atoms with E-state index in [1.165, 1.54) is 6.92 Å². The van der Waals surface area contributed by atoms with Crippen LogP contribution >= 0.6 is 0 Å². The van der Waals surface area contributed by atoms with Crippen molar-refractivity contribution >= 4 is 23.6 Å². The Kier molecular flexibility index (Phi) is 4.45. The number of carboxylic acids is 1. The molecule has 8 nitrogen and oxygen atoms in total. The standard InChI is InChI=1S/C16H18N4O4/c1-10(21)17-13-4-2-3-12(9-13)14-18-16(24-19-14)20-7-5-11(6-8-20)15(22)23/h2-4,9,11H,5-8H2,1H3,(H,17,21)(H,22,23). The summed E-state index contributed by atoms with van der Waals surface area (Å²) in [5.41, 5.74) is 1.39. The molecule has 0 saturated carbocycles. The number of carbonyl (C=O) groups is 2. The van der Waals surface area contributed by atoms with Crippen molar-refractivity contribution < 1.29 is 19.2 Å². The topological polar surface area (TPSA) is 109 Å². The minimum Gasteiger partial charge on any atom is -0.481 e. The smallest absolute Gasteiger partial charge is 0.324 e. The van der Waals surface area contributed by atoms with Crippen LogP contribution in [0.1, 0.15) is 19.8 Å². The summed E-state index contributed by atoms with van der Waals surface area (Å²) in [7, 11) is 0. The third-order valence-corrected chi connectivity index (χ3v) is 3.97. The SMILES string of the molecule is CC(=O)Nc1cccc(-c2noc(N3CCC(C(=O)O)CC3)n2)c1. The normalized spacial score (nSPS) is 15.3. The summed E-state index contributed by atoms with van der Waals surface area (Å²) in [4.78, 5) is 28.4. The van der Waals surface area contributed by atoms with Gasteiger partial charge in [-0.15, -0.1) is 0 Å². The van der Waals surface area contributed by atoms with Crippen molar-refractivity contribution in [1.29, 1.82) is 0 Å². The second-order valence-electron chi connectivity index (χ2n) is 5.76. The predicted molar refractivity (Wildman–Crippen MR) is 86.6 cm³/mol. The van der Waals surface area contributed by atoms with E-state index in [0.29, 0.717) is 43.5 Å². The quantitative estimate of drug-likeness (QED) is 0.882. The maximum Gasteiger partial charge on any atom is 0.324 e. The number of piperidine rings is 1. The number of aromatic nitrogens is 2. The van der Waals surface area contributed by atoms with E-state index in [1.54, 1.807) is 18.2 Å². The van der Waals surface area contributed by atoms with Crippen LogP contribution < -0.4 is 10.2 Å². The Balaban J connectivity index is 1.72. The molecule has 1 aromatic carbocycles. The molecule has 1 saturated heterocycles. The van der Waals surface area contributed by atoms with Crippen LogP contribution in [0, 0.1) is 5.92 Å². The monoisotopic (exact) mass is 330 g/mol. The van der Waals surface area contributed by atoms with Gasteiger partial charge >= 0.3 is 12.0 Å². The van der Waals surface area contributed by atoms with Crippen LogP contribution in [0.4, 0.5) is 11.7 Å². The summed E-state index contributed by atoms with van der Waals surface area (Å²) >= 11 is 0. The number of anilines is 2. The number of amides is 1. The van der Waals surface area contributed by atoms with Crippen LogP contribution in [0.2, 0.25) is 0 Å². The van der Waals surface area contributed by atoms with Crippen molar-refractivity contribution in [3.05, 3.63) is 24.3 Å². The summed E-state index contributed by atoms with van der Waals surface area (Å²) in [6.07, 6.45) is 1.12. The molecule has 1 amide bonds. The lowest BCUT2D eigenvalue weighted by Crippen LogP contribution is -2.36. The number of benzene rings is 1. The minimum atomic E-state index is -0.754. The highest BCUT2D eigenvalue weighted by Crippen LogP contribution is 2.26. The fraction of sp³-hybridized carbons (Fsp3) is 0.375. The first kappa shape index (κ1) is 16.0. The van der Waals surface area contributed by atoms with Gasteiger partial charge in [0, 0.05) is 31.3 Å². The number of carbonyl (C=O) groups excluding carboxylic acids is 1. The van der Waals surface area contributed by atoms with Gasteiger partial charge in [-0.2, -0.15) is 4.98 Å². The Morgan fingerprint density at radius 3 is 2.75 bits per heavy atom. The Morgan fingerprint density at radius 1 is 1.33 bits per heavy atom. The van der Waals surface area contributed by atoms with Crippen molar-refractivity contribution in [2.24, 2.45) is 5.92 Å². The number of nitrogens with one attached hydrogen (secondary N) is 1. The van der Waals surface area contributed by atoms with Crippen LogP contribution in [0.25, 0.3) is 11.4 Å². The first-order valence-corrected chi connectivity index (χ1v) is 7.72. The van der Waals surface area contributed by atoms with E-state index in [2.05, 4.69) is 15.5 Å². The number of hydrogen-bond donors (Lipinski definition) is 2. The van der Waals surface area contributed by atoms with Crippen LogP contribution in [0.5, 0.6) is 0 Å². The third kappa shape index (κ3) is 3.53. The Bertz CT molecular complexity index is 750. The number of hydrogen-bond acceptors (Lipinski definition) is 6. The van der Waals surface area contributed by atoms with Gasteiger partial charge in [-0.3, -0.25) is 9.59 Å². The van der Waals surface area contributed by atoms with Gasteiger partial charge in [-0.25, -0.2) is 0 Å². The lowest BCUT2D eigenvalue weighted by molar-refractivity contribution is -0.142. The first-order chi connectivity index (χ1) is 11.5. The van der Waals surface area contributed by atoms with Crippen molar-refractivity contribution in [2.75, 3.05) is 23.3 Å². The van der Waals surface area contributed by atoms with Gasteiger partial charge in [-0.05, 0) is 25.0 Å². The molecule has 0 atom stereocenters. The molecule has 126 valence electrons. The molecule has 24 heavy (non-hydrogen) atoms. The molecule has 0 unspecified atom stereocenters. The van der Waals surface area contributed by atoms with Gasteiger partial charge in [0.2, 0.25) is 11.7 Å². The van der Waals surface area contributed by atoms with Gasteiger partial charge < -0.3 is 19.8 Å². The summed E-state index contributed by atoms with van der Waals surface area (Å²) in [6, 6.07) is 7.57. The molecule has 2 N–H and O–H groups in total. The zero-order valence-electron chi connectivity index (χ0n) is 13.2. The second kappa shape index (κ2) is 6.69. The molecule has 0 spiro atoms. The fourth-order valence-electron chi connectivity index (χ4n) is 2.72. The summed E-state index contributed by atoms with van der Waals surface area (Å²) < 4.78 is 5.31. The molecule has 2 heterocycles. The van der Waals surface area contributed by atoms with Crippen LogP contribution in [0.15, 0.2) is 28.8 Å². The summed E-state index contributed by atoms with van der Waals surface area (Å²) in [5, 5.41) is 15.7. The first-order valence-electron chi connectivity index (χ1n) is 7.72. The van der Waals surface area contributed by atoms with E-state index >= 15 is 0 Å². The average Bonchev–Trinajstić information content (AvgIpc) is 3.04. The Labute approximate surface area is 138 Å². The van der Waals surface area contributed by atoms with Crippen LogP contribution in [-0.4, -0.2) is 40.2 Å². The molecule has 8 heteroatoms. The van der Waals surface area contributed by atoms with E-state index < -0.39 is 5.97 Å². The molecule has 0 aliphatic carbocycles. The van der Waals surface area contributed by atoms with E-state index in [4.69, 9.17) is 9.63 Å². The Morgan fingerprint density at radius 2 is 2.08 bits per heavy atom. The summed E-state index contributed by atoms with van der Waals surface area (Å²) in [5.74, 6) is -0.784. The Hall–Kier alpha value is -2.90. The number of rotatable bonds is 4. The van der Waals surface area contributed by atoms with Crippen molar-refractivity contribution in [3.8, 4) is 11.4 Å². The molecular weight excluding hydrogens is 312 g/mol. The average molecular weight is 330 g/mol. The van der Waals surface area contributed by atoms with E-state index in [0.717, 1.165) is 5.56 Å². The lowest BCUT2D eigenvalue weighted by Gasteiger charge is -2.28. The van der Waals surface area contributed by atoms with Gasteiger partial charge in [0.25, 0.3) is 0 Å². The third-order valence-electron chi connectivity index (χ3n) is 3.97. The molecule has 0 radical (unpaired) electrons. The maximum atomic E-state index is 11.1. The fourth-order valence-corrected chi connectivity index (χ4v) is 2.72. The molecule has 1 aliphatic heterocycles. The van der Waals surface area contributed by atoms with E-state index in [-0.39, 0.29) is 11.8 Å². The zero-order chi connectivity index (χ0) is 17.1. The molecule has 1 aromatic heterocycles. The van der Waals surface area contributed by atoms with Crippen molar-refractivity contribution in [2.45, 2.75) is 19.8 Å². The lowest BCUT2D eigenvalue weighted by atomic mass is 9.97. The molecule has 1 aliphatic rings. The van der Waals surface area contributed by atoms with Crippen molar-refractivity contribution in [3.63, 3.8) is 0 Å². The molecular formula is C16H18N4O4. The second-order valence-corrected chi connectivity index (χ2v) is 5.76. The predicted octanol–water partition coefficient (Wildman–Crippen LogP) is 2.00. The van der Waals surface area contributed by atoms with E-state index in [1.807, 2.05) is 11.0 Å². The molecule has 1 fully saturated rings. The van der Waals surface area contributed by atoms with Crippen molar-refractivity contribution in [1.82, 2.24) is 10.1 Å². The molecule has 0 bridgehead atoms. The van der Waals surface area contributed by atoms with Gasteiger partial charge in [0.1, 0.15) is 0 Å². The minimum absolute atomic E-state index is 0.151. The number of carboxylic acid groups (broad SMARTS) is 1. The largest absolute Gasteiger partial charge is 0.481 e. The van der Waals surface area contributed by atoms with Crippen LogP contribution in [0.3, 0.4) is 0 Å². The number of nitrogens with zero attached hydrogens (tertiary/aromatic N) is 3. The van der Waals surface area contributed by atoms with Gasteiger partial charge in [0.15, 0.2) is 0 Å². The maximum absolute atomic E-state index is 11.1. The highest BCUT2D eigenvalue weighted by Gasteiger charge is 2.27. The highest BCUT2D eigenvalue weighted by atomic mass is 16.5. The van der Waals surface area contributed by atoms with Gasteiger partial charge in [-0.1, -0.05) is 17.3 Å². The van der Waals surface area contributed by atoms with E-state index in [9.17, 15) is 9.59 Å². The van der Waals surface area contributed by atoms with Gasteiger partial charge in [0.05, 0.1) is 5.92 Å². The van der Waals surface area contributed by atoms with Crippen LogP contribution in [-0.2, 0) is 9.59 Å². The molecule has 3 rings (SSSR count).